The topological polar surface area (TPSA) is 42.0 Å². The number of thiazole rings is 1. The van der Waals surface area contributed by atoms with Gasteiger partial charge in [0, 0.05) is 28.9 Å². The van der Waals surface area contributed by atoms with Gasteiger partial charge in [0.15, 0.2) is 5.13 Å². The highest BCUT2D eigenvalue weighted by molar-refractivity contribution is 7.84. The summed E-state index contributed by atoms with van der Waals surface area (Å²) in [6.07, 6.45) is 2.66. The summed E-state index contributed by atoms with van der Waals surface area (Å²) >= 11 is 1.67. The van der Waals surface area contributed by atoms with Gasteiger partial charge in [-0.1, -0.05) is 24.3 Å². The first-order chi connectivity index (χ1) is 8.56. The van der Waals surface area contributed by atoms with E-state index in [-0.39, 0.29) is 5.25 Å². The van der Waals surface area contributed by atoms with E-state index in [9.17, 15) is 4.21 Å². The van der Waals surface area contributed by atoms with E-state index in [1.165, 1.54) is 10.3 Å². The standard InChI is InChI=1S/C13H18N2OS2/c1-9-4-5-12-11(8-9)15-13(17-12)14-7-6-10(2)18(3)16/h4-5,8,10H,6-7H2,1-3H3,(H,14,15). The molecular formula is C13H18N2OS2. The molecule has 0 spiro atoms. The molecule has 18 heavy (non-hydrogen) atoms. The van der Waals surface area contributed by atoms with Crippen molar-refractivity contribution in [2.24, 2.45) is 0 Å². The van der Waals surface area contributed by atoms with Crippen LogP contribution in [0.1, 0.15) is 18.9 Å². The third-order valence-electron chi connectivity index (χ3n) is 2.94. The van der Waals surface area contributed by atoms with Crippen molar-refractivity contribution in [1.82, 2.24) is 4.98 Å². The van der Waals surface area contributed by atoms with Crippen molar-refractivity contribution in [1.29, 1.82) is 0 Å². The molecule has 2 rings (SSSR count). The van der Waals surface area contributed by atoms with Gasteiger partial charge < -0.3 is 5.32 Å². The molecule has 0 aliphatic carbocycles. The summed E-state index contributed by atoms with van der Waals surface area (Å²) in [5, 5.41) is 4.49. The fourth-order valence-corrected chi connectivity index (χ4v) is 2.98. The molecule has 0 radical (unpaired) electrons. The molecule has 1 aromatic carbocycles. The zero-order valence-electron chi connectivity index (χ0n) is 10.9. The summed E-state index contributed by atoms with van der Waals surface area (Å²) in [5.41, 5.74) is 2.28. The zero-order chi connectivity index (χ0) is 13.1. The first-order valence-electron chi connectivity index (χ1n) is 5.99. The van der Waals surface area contributed by atoms with Gasteiger partial charge in [0.05, 0.1) is 10.2 Å². The minimum absolute atomic E-state index is 0.231. The van der Waals surface area contributed by atoms with Crippen LogP contribution in [-0.2, 0) is 10.8 Å². The largest absolute Gasteiger partial charge is 0.361 e. The molecule has 1 heterocycles. The number of fused-ring (bicyclic) bond motifs is 1. The third-order valence-corrected chi connectivity index (χ3v) is 5.30. The van der Waals surface area contributed by atoms with Crippen LogP contribution in [0.4, 0.5) is 5.13 Å². The van der Waals surface area contributed by atoms with Crippen molar-refractivity contribution in [3.8, 4) is 0 Å². The van der Waals surface area contributed by atoms with E-state index in [4.69, 9.17) is 0 Å². The van der Waals surface area contributed by atoms with Crippen molar-refractivity contribution in [3.05, 3.63) is 23.8 Å². The molecule has 0 saturated carbocycles. The molecule has 2 aromatic rings. The Kier molecular flexibility index (Phi) is 4.35. The maximum atomic E-state index is 11.2. The Morgan fingerprint density at radius 1 is 1.50 bits per heavy atom. The van der Waals surface area contributed by atoms with Crippen LogP contribution in [0.25, 0.3) is 10.2 Å². The van der Waals surface area contributed by atoms with Gasteiger partial charge in [-0.15, -0.1) is 0 Å². The second-order valence-electron chi connectivity index (χ2n) is 4.51. The molecule has 2 atom stereocenters. The van der Waals surface area contributed by atoms with E-state index in [1.54, 1.807) is 17.6 Å². The first kappa shape index (κ1) is 13.5. The molecule has 98 valence electrons. The van der Waals surface area contributed by atoms with Crippen LogP contribution < -0.4 is 5.32 Å². The number of hydrogen-bond donors (Lipinski definition) is 1. The summed E-state index contributed by atoms with van der Waals surface area (Å²) in [5.74, 6) is 0. The molecule has 3 nitrogen and oxygen atoms in total. The van der Waals surface area contributed by atoms with E-state index < -0.39 is 10.8 Å². The first-order valence-corrected chi connectivity index (χ1v) is 8.43. The predicted molar refractivity (Wildman–Crippen MR) is 81.0 cm³/mol. The Bertz CT molecular complexity index is 565. The maximum Gasteiger partial charge on any atom is 0.183 e. The molecule has 0 aliphatic rings. The van der Waals surface area contributed by atoms with Crippen LogP contribution in [0.3, 0.4) is 0 Å². The van der Waals surface area contributed by atoms with Crippen LogP contribution >= 0.6 is 11.3 Å². The van der Waals surface area contributed by atoms with E-state index in [0.717, 1.165) is 23.6 Å². The zero-order valence-corrected chi connectivity index (χ0v) is 12.5. The normalized spacial score (nSPS) is 14.6. The highest BCUT2D eigenvalue weighted by Gasteiger charge is 2.07. The Morgan fingerprint density at radius 3 is 3.00 bits per heavy atom. The molecule has 0 fully saturated rings. The van der Waals surface area contributed by atoms with E-state index in [0.29, 0.717) is 0 Å². The summed E-state index contributed by atoms with van der Waals surface area (Å²) < 4.78 is 12.4. The second-order valence-corrected chi connectivity index (χ2v) is 7.35. The van der Waals surface area contributed by atoms with Crippen LogP contribution in [0.15, 0.2) is 18.2 Å². The SMILES string of the molecule is Cc1ccc2sc(NCCC(C)S(C)=O)nc2c1. The van der Waals surface area contributed by atoms with Crippen LogP contribution in [-0.4, -0.2) is 27.2 Å². The molecule has 1 N–H and O–H groups in total. The molecule has 1 aromatic heterocycles. The number of nitrogens with one attached hydrogen (secondary N) is 1. The number of nitrogens with zero attached hydrogens (tertiary/aromatic N) is 1. The van der Waals surface area contributed by atoms with Gasteiger partial charge in [-0.3, -0.25) is 4.21 Å². The van der Waals surface area contributed by atoms with Gasteiger partial charge in [-0.2, -0.15) is 0 Å². The molecule has 5 heteroatoms. The lowest BCUT2D eigenvalue weighted by Crippen LogP contribution is -2.14. The smallest absolute Gasteiger partial charge is 0.183 e. The lowest BCUT2D eigenvalue weighted by molar-refractivity contribution is 0.672. The molecule has 0 bridgehead atoms. The number of anilines is 1. The highest BCUT2D eigenvalue weighted by Crippen LogP contribution is 2.26. The lowest BCUT2D eigenvalue weighted by Gasteiger charge is -2.07. The summed E-state index contributed by atoms with van der Waals surface area (Å²) in [6, 6.07) is 6.31. The Labute approximate surface area is 114 Å². The Hall–Kier alpha value is -0.940. The third kappa shape index (κ3) is 3.29. The number of hydrogen-bond acceptors (Lipinski definition) is 4. The van der Waals surface area contributed by atoms with Crippen molar-refractivity contribution in [2.75, 3.05) is 18.1 Å². The minimum atomic E-state index is -0.743. The summed E-state index contributed by atoms with van der Waals surface area (Å²) in [7, 11) is -0.743. The summed E-state index contributed by atoms with van der Waals surface area (Å²) in [4.78, 5) is 4.55. The molecule has 2 unspecified atom stereocenters. The number of aryl methyl sites for hydroxylation is 1. The Morgan fingerprint density at radius 2 is 2.28 bits per heavy atom. The second kappa shape index (κ2) is 5.80. The van der Waals surface area contributed by atoms with Crippen molar-refractivity contribution in [3.63, 3.8) is 0 Å². The molecule has 0 saturated heterocycles. The highest BCUT2D eigenvalue weighted by atomic mass is 32.2. The average molecular weight is 282 g/mol. The fourth-order valence-electron chi connectivity index (χ4n) is 1.66. The van der Waals surface area contributed by atoms with Gasteiger partial charge in [-0.05, 0) is 31.0 Å². The van der Waals surface area contributed by atoms with Crippen LogP contribution in [0, 0.1) is 6.92 Å². The quantitative estimate of drug-likeness (QED) is 0.916. The predicted octanol–water partition coefficient (Wildman–Crippen LogP) is 3.17. The number of rotatable bonds is 5. The molecular weight excluding hydrogens is 264 g/mol. The lowest BCUT2D eigenvalue weighted by atomic mass is 10.2. The van der Waals surface area contributed by atoms with Gasteiger partial charge in [0.25, 0.3) is 0 Å². The maximum absolute atomic E-state index is 11.2. The van der Waals surface area contributed by atoms with Gasteiger partial charge in [0.2, 0.25) is 0 Å². The average Bonchev–Trinajstić information content (AvgIpc) is 2.70. The number of benzene rings is 1. The van der Waals surface area contributed by atoms with Crippen LogP contribution in [0.2, 0.25) is 0 Å². The van der Waals surface area contributed by atoms with Crippen molar-refractivity contribution < 1.29 is 4.21 Å². The summed E-state index contributed by atoms with van der Waals surface area (Å²) in [6.45, 7) is 4.91. The van der Waals surface area contributed by atoms with Crippen molar-refractivity contribution >= 4 is 37.5 Å². The van der Waals surface area contributed by atoms with Crippen molar-refractivity contribution in [2.45, 2.75) is 25.5 Å². The Balaban J connectivity index is 1.98. The monoisotopic (exact) mass is 282 g/mol. The van der Waals surface area contributed by atoms with Crippen LogP contribution in [0.5, 0.6) is 0 Å². The van der Waals surface area contributed by atoms with Gasteiger partial charge >= 0.3 is 0 Å². The van der Waals surface area contributed by atoms with E-state index in [2.05, 4.69) is 35.4 Å². The minimum Gasteiger partial charge on any atom is -0.361 e. The van der Waals surface area contributed by atoms with E-state index in [1.807, 2.05) is 6.92 Å². The van der Waals surface area contributed by atoms with E-state index >= 15 is 0 Å². The molecule has 0 aliphatic heterocycles. The van der Waals surface area contributed by atoms with Gasteiger partial charge in [-0.25, -0.2) is 4.98 Å². The number of aromatic nitrogens is 1. The fraction of sp³-hybridized carbons (Fsp3) is 0.462. The van der Waals surface area contributed by atoms with Gasteiger partial charge in [0.1, 0.15) is 0 Å². The molecule has 0 amide bonds.